The fourth-order valence-electron chi connectivity index (χ4n) is 1.62. The van der Waals surface area contributed by atoms with Crippen LogP contribution in [0.1, 0.15) is 5.56 Å². The summed E-state index contributed by atoms with van der Waals surface area (Å²) in [5, 5.41) is 4.34. The summed E-state index contributed by atoms with van der Waals surface area (Å²) in [6.45, 7) is 2.18. The van der Waals surface area contributed by atoms with Gasteiger partial charge in [-0.15, -0.1) is 5.10 Å². The average Bonchev–Trinajstić information content (AvgIpc) is 3.09. The Balaban J connectivity index is 1.59. The summed E-state index contributed by atoms with van der Waals surface area (Å²) in [7, 11) is 0. The van der Waals surface area contributed by atoms with Gasteiger partial charge in [0.2, 0.25) is 5.88 Å². The van der Waals surface area contributed by atoms with Gasteiger partial charge in [-0.2, -0.15) is 0 Å². The van der Waals surface area contributed by atoms with Crippen LogP contribution in [0.3, 0.4) is 0 Å². The maximum atomic E-state index is 5.49. The van der Waals surface area contributed by atoms with Crippen molar-refractivity contribution in [1.82, 2.24) is 9.78 Å². The summed E-state index contributed by atoms with van der Waals surface area (Å²) < 4.78 is 12.4. The van der Waals surface area contributed by atoms with Crippen molar-refractivity contribution in [3.05, 3.63) is 48.2 Å². The number of rotatable bonds is 5. The van der Waals surface area contributed by atoms with E-state index in [1.165, 1.54) is 5.56 Å². The highest BCUT2D eigenvalue weighted by molar-refractivity contribution is 5.15. The number of aromatic nitrogens is 2. The van der Waals surface area contributed by atoms with E-state index >= 15 is 0 Å². The summed E-state index contributed by atoms with van der Waals surface area (Å²) in [6, 6.07) is 12.1. The highest BCUT2D eigenvalue weighted by Gasteiger charge is 2.23. The predicted octanol–water partition coefficient (Wildman–Crippen LogP) is 1.71. The first-order valence-corrected chi connectivity index (χ1v) is 5.72. The maximum Gasteiger partial charge on any atom is 0.232 e. The van der Waals surface area contributed by atoms with Crippen LogP contribution in [0.4, 0.5) is 0 Å². The fourth-order valence-corrected chi connectivity index (χ4v) is 1.62. The second-order valence-corrected chi connectivity index (χ2v) is 4.10. The highest BCUT2D eigenvalue weighted by atomic mass is 16.6. The monoisotopic (exact) mass is 230 g/mol. The first-order valence-electron chi connectivity index (χ1n) is 5.72. The van der Waals surface area contributed by atoms with Gasteiger partial charge in [-0.05, 0) is 5.56 Å². The van der Waals surface area contributed by atoms with Crippen LogP contribution in [0.5, 0.6) is 5.88 Å². The summed E-state index contributed by atoms with van der Waals surface area (Å²) in [5.74, 6) is 0.663. The van der Waals surface area contributed by atoms with Gasteiger partial charge in [-0.1, -0.05) is 30.3 Å². The Morgan fingerprint density at radius 2 is 2.12 bits per heavy atom. The SMILES string of the molecule is c1ccc(Cn2ccc(OCC3CO3)n2)cc1. The predicted molar refractivity (Wildman–Crippen MR) is 63.0 cm³/mol. The Morgan fingerprint density at radius 1 is 1.29 bits per heavy atom. The van der Waals surface area contributed by atoms with E-state index in [4.69, 9.17) is 9.47 Å². The van der Waals surface area contributed by atoms with Crippen LogP contribution in [0.2, 0.25) is 0 Å². The van der Waals surface area contributed by atoms with Gasteiger partial charge in [0, 0.05) is 12.3 Å². The number of benzene rings is 1. The molecule has 1 atom stereocenters. The van der Waals surface area contributed by atoms with Gasteiger partial charge in [0.05, 0.1) is 13.2 Å². The van der Waals surface area contributed by atoms with Gasteiger partial charge in [0.1, 0.15) is 12.7 Å². The van der Waals surface area contributed by atoms with Crippen molar-refractivity contribution < 1.29 is 9.47 Å². The Morgan fingerprint density at radius 3 is 2.88 bits per heavy atom. The van der Waals surface area contributed by atoms with Crippen LogP contribution >= 0.6 is 0 Å². The lowest BCUT2D eigenvalue weighted by Gasteiger charge is -2.01. The van der Waals surface area contributed by atoms with Crippen LogP contribution in [0, 0.1) is 0 Å². The molecule has 1 aliphatic heterocycles. The number of hydrogen-bond acceptors (Lipinski definition) is 3. The molecule has 3 rings (SSSR count). The van der Waals surface area contributed by atoms with Gasteiger partial charge in [-0.25, -0.2) is 0 Å². The molecule has 2 heterocycles. The Kier molecular flexibility index (Phi) is 2.80. The molecule has 1 aliphatic rings. The van der Waals surface area contributed by atoms with Crippen molar-refractivity contribution in [1.29, 1.82) is 0 Å². The zero-order chi connectivity index (χ0) is 11.5. The van der Waals surface area contributed by atoms with E-state index < -0.39 is 0 Å². The van der Waals surface area contributed by atoms with E-state index in [-0.39, 0.29) is 6.10 Å². The van der Waals surface area contributed by atoms with Gasteiger partial charge in [0.25, 0.3) is 0 Å². The molecule has 4 heteroatoms. The molecule has 0 amide bonds. The maximum absolute atomic E-state index is 5.49. The molecule has 4 nitrogen and oxygen atoms in total. The van der Waals surface area contributed by atoms with E-state index in [0.29, 0.717) is 12.5 Å². The summed E-state index contributed by atoms with van der Waals surface area (Å²) in [4.78, 5) is 0. The van der Waals surface area contributed by atoms with Crippen LogP contribution in [-0.2, 0) is 11.3 Å². The lowest BCUT2D eigenvalue weighted by Crippen LogP contribution is -2.05. The standard InChI is InChI=1S/C13H14N2O2/c1-2-4-11(5-3-1)8-15-7-6-13(14-15)17-10-12-9-16-12/h1-7,12H,8-10H2. The molecule has 1 unspecified atom stereocenters. The first-order chi connectivity index (χ1) is 8.40. The molecule has 0 saturated carbocycles. The number of hydrogen-bond donors (Lipinski definition) is 0. The quantitative estimate of drug-likeness (QED) is 0.734. The molecule has 1 fully saturated rings. The van der Waals surface area contributed by atoms with E-state index in [2.05, 4.69) is 17.2 Å². The molecule has 1 aromatic carbocycles. The lowest BCUT2D eigenvalue weighted by molar-refractivity contribution is 0.253. The van der Waals surface area contributed by atoms with Crippen molar-refractivity contribution in [2.24, 2.45) is 0 Å². The van der Waals surface area contributed by atoms with E-state index in [9.17, 15) is 0 Å². The molecule has 2 aromatic rings. The van der Waals surface area contributed by atoms with E-state index in [0.717, 1.165) is 13.2 Å². The average molecular weight is 230 g/mol. The normalized spacial score (nSPS) is 18.0. The summed E-state index contributed by atoms with van der Waals surface area (Å²) in [5.41, 5.74) is 1.23. The second-order valence-electron chi connectivity index (χ2n) is 4.10. The Bertz CT molecular complexity index is 477. The van der Waals surface area contributed by atoms with E-state index in [1.54, 1.807) is 0 Å². The van der Waals surface area contributed by atoms with Crippen LogP contribution in [0.15, 0.2) is 42.6 Å². The molecule has 0 aliphatic carbocycles. The van der Waals surface area contributed by atoms with Crippen molar-refractivity contribution in [2.75, 3.05) is 13.2 Å². The Hall–Kier alpha value is -1.81. The molecule has 0 N–H and O–H groups in total. The fraction of sp³-hybridized carbons (Fsp3) is 0.308. The summed E-state index contributed by atoms with van der Waals surface area (Å²) in [6.07, 6.45) is 2.20. The second kappa shape index (κ2) is 4.59. The molecule has 0 bridgehead atoms. The lowest BCUT2D eigenvalue weighted by atomic mass is 10.2. The molecular formula is C13H14N2O2. The largest absolute Gasteiger partial charge is 0.474 e. The molecule has 1 saturated heterocycles. The van der Waals surface area contributed by atoms with Gasteiger partial charge >= 0.3 is 0 Å². The molecule has 0 spiro atoms. The molecule has 88 valence electrons. The number of ether oxygens (including phenoxy) is 2. The van der Waals surface area contributed by atoms with E-state index in [1.807, 2.05) is 35.1 Å². The topological polar surface area (TPSA) is 39.6 Å². The van der Waals surface area contributed by atoms with Crippen molar-refractivity contribution in [2.45, 2.75) is 12.6 Å². The number of epoxide rings is 1. The van der Waals surface area contributed by atoms with Crippen molar-refractivity contribution in [3.63, 3.8) is 0 Å². The van der Waals surface area contributed by atoms with Crippen molar-refractivity contribution >= 4 is 0 Å². The minimum absolute atomic E-state index is 0.272. The Labute approximate surface area is 99.8 Å². The third-order valence-electron chi connectivity index (χ3n) is 2.62. The van der Waals surface area contributed by atoms with Crippen LogP contribution in [0.25, 0.3) is 0 Å². The van der Waals surface area contributed by atoms with Gasteiger partial charge in [-0.3, -0.25) is 4.68 Å². The summed E-state index contributed by atoms with van der Waals surface area (Å²) >= 11 is 0. The zero-order valence-electron chi connectivity index (χ0n) is 9.45. The molecule has 1 aromatic heterocycles. The highest BCUT2D eigenvalue weighted by Crippen LogP contribution is 2.13. The van der Waals surface area contributed by atoms with Gasteiger partial charge < -0.3 is 9.47 Å². The molecular weight excluding hydrogens is 216 g/mol. The van der Waals surface area contributed by atoms with Gasteiger partial charge in [0.15, 0.2) is 0 Å². The van der Waals surface area contributed by atoms with Crippen LogP contribution in [-0.4, -0.2) is 29.1 Å². The smallest absolute Gasteiger partial charge is 0.232 e. The molecule has 0 radical (unpaired) electrons. The van der Waals surface area contributed by atoms with Crippen LogP contribution < -0.4 is 4.74 Å². The number of nitrogens with zero attached hydrogens (tertiary/aromatic N) is 2. The first kappa shape index (κ1) is 10.4. The third-order valence-corrected chi connectivity index (χ3v) is 2.62. The van der Waals surface area contributed by atoms with Crippen molar-refractivity contribution in [3.8, 4) is 5.88 Å². The zero-order valence-corrected chi connectivity index (χ0v) is 9.45. The minimum Gasteiger partial charge on any atom is -0.474 e. The molecule has 17 heavy (non-hydrogen) atoms. The third kappa shape index (κ3) is 2.85. The minimum atomic E-state index is 0.272.